The molecule has 6 rings (SSSR count). The van der Waals surface area contributed by atoms with Gasteiger partial charge in [0.1, 0.15) is 10.9 Å². The molecule has 7 nitrogen and oxygen atoms in total. The molecule has 0 saturated carbocycles. The van der Waals surface area contributed by atoms with Crippen LogP contribution in [0.25, 0.3) is 0 Å². The molecule has 0 spiro atoms. The van der Waals surface area contributed by atoms with Crippen molar-refractivity contribution >= 4 is 39.8 Å². The van der Waals surface area contributed by atoms with Crippen LogP contribution in [0.15, 0.2) is 48.5 Å². The Morgan fingerprint density at radius 1 is 1.00 bits per heavy atom. The number of hydrogen-bond acceptors (Lipinski definition) is 7. The maximum Gasteiger partial charge on any atom is 0.341 e. The summed E-state index contributed by atoms with van der Waals surface area (Å²) in [6.07, 6.45) is 2.57. The first-order valence-electron chi connectivity index (χ1n) is 12.6. The van der Waals surface area contributed by atoms with E-state index in [1.807, 2.05) is 62.4 Å². The van der Waals surface area contributed by atoms with E-state index >= 15 is 0 Å². The number of esters is 1. The zero-order valence-electron chi connectivity index (χ0n) is 21.0. The van der Waals surface area contributed by atoms with Crippen molar-refractivity contribution in [2.45, 2.75) is 51.7 Å². The second-order valence-electron chi connectivity index (χ2n) is 9.91. The van der Waals surface area contributed by atoms with Gasteiger partial charge >= 0.3 is 5.97 Å². The number of hydroxylamine groups is 1. The van der Waals surface area contributed by atoms with Gasteiger partial charge in [0.05, 0.1) is 24.4 Å². The zero-order chi connectivity index (χ0) is 25.8. The van der Waals surface area contributed by atoms with Gasteiger partial charge in [-0.2, -0.15) is 0 Å². The smallest absolute Gasteiger partial charge is 0.341 e. The highest BCUT2D eigenvalue weighted by atomic mass is 32.1. The predicted molar refractivity (Wildman–Crippen MR) is 141 cm³/mol. The number of benzene rings is 2. The molecule has 3 aromatic rings. The number of nitrogens with zero attached hydrogens (tertiary/aromatic N) is 2. The highest BCUT2D eigenvalue weighted by Crippen LogP contribution is 2.50. The lowest BCUT2D eigenvalue weighted by Crippen LogP contribution is -2.38. The summed E-state index contributed by atoms with van der Waals surface area (Å²) in [5.74, 6) is -2.05. The van der Waals surface area contributed by atoms with E-state index in [-0.39, 0.29) is 5.91 Å². The number of imide groups is 1. The molecule has 3 unspecified atom stereocenters. The molecule has 3 aliphatic rings. The fraction of sp³-hybridized carbons (Fsp3) is 0.345. The molecule has 2 aromatic carbocycles. The first-order valence-corrected chi connectivity index (χ1v) is 13.4. The number of carbonyl (C=O) groups excluding carboxylic acids is 3. The molecular weight excluding hydrogens is 488 g/mol. The predicted octanol–water partition coefficient (Wildman–Crippen LogP) is 5.08. The standard InChI is InChI=1S/C29H28N2O5S/c1-16-12-14-18(15-13-16)24-23-25(36-31(24)20-10-6-4-8-17(20)2)27(33)30(26(23)32)28-22(29(34)35-3)19-9-5-7-11-21(19)37-28/h4,6,8,10,12-15,23-25H,5,7,9,11H2,1-3H3. The van der Waals surface area contributed by atoms with Crippen LogP contribution in [0.4, 0.5) is 10.7 Å². The molecule has 0 N–H and O–H groups in total. The van der Waals surface area contributed by atoms with E-state index in [9.17, 15) is 14.4 Å². The minimum atomic E-state index is -0.983. The highest BCUT2D eigenvalue weighted by Gasteiger charge is 2.61. The maximum absolute atomic E-state index is 14.1. The van der Waals surface area contributed by atoms with Crippen molar-refractivity contribution in [3.8, 4) is 0 Å². The average Bonchev–Trinajstić information content (AvgIpc) is 3.54. The van der Waals surface area contributed by atoms with Crippen molar-refractivity contribution in [3.05, 3.63) is 81.2 Å². The van der Waals surface area contributed by atoms with Crippen molar-refractivity contribution in [1.29, 1.82) is 0 Å². The lowest BCUT2D eigenvalue weighted by molar-refractivity contribution is -0.126. The number of amides is 2. The largest absolute Gasteiger partial charge is 0.465 e. The van der Waals surface area contributed by atoms with Crippen LogP contribution in [0.5, 0.6) is 0 Å². The Kier molecular flexibility index (Phi) is 5.88. The molecule has 2 saturated heterocycles. The van der Waals surface area contributed by atoms with E-state index in [1.165, 1.54) is 23.3 Å². The molecule has 8 heteroatoms. The molecule has 2 amide bonds. The second-order valence-corrected chi connectivity index (χ2v) is 11.0. The number of thiophene rings is 1. The molecule has 2 fully saturated rings. The van der Waals surface area contributed by atoms with Gasteiger partial charge in [-0.3, -0.25) is 14.4 Å². The molecule has 3 heterocycles. The van der Waals surface area contributed by atoms with Gasteiger partial charge in [0.2, 0.25) is 5.91 Å². The highest BCUT2D eigenvalue weighted by molar-refractivity contribution is 7.17. The van der Waals surface area contributed by atoms with Crippen LogP contribution in [-0.2, 0) is 32.0 Å². The van der Waals surface area contributed by atoms with Gasteiger partial charge in [-0.1, -0.05) is 48.0 Å². The monoisotopic (exact) mass is 516 g/mol. The summed E-state index contributed by atoms with van der Waals surface area (Å²) in [5.41, 5.74) is 5.05. The topological polar surface area (TPSA) is 76.2 Å². The summed E-state index contributed by atoms with van der Waals surface area (Å²) in [4.78, 5) is 49.5. The van der Waals surface area contributed by atoms with Crippen LogP contribution >= 0.6 is 11.3 Å². The van der Waals surface area contributed by atoms with E-state index in [1.54, 1.807) is 5.06 Å². The number of ether oxygens (including phenoxy) is 1. The van der Waals surface area contributed by atoms with Gasteiger partial charge in [-0.15, -0.1) is 11.3 Å². The van der Waals surface area contributed by atoms with Crippen molar-refractivity contribution in [1.82, 2.24) is 0 Å². The fourth-order valence-corrected chi connectivity index (χ4v) is 7.15. The van der Waals surface area contributed by atoms with Gasteiger partial charge in [-0.25, -0.2) is 14.8 Å². The second kappa shape index (κ2) is 9.11. The fourth-order valence-electron chi connectivity index (χ4n) is 5.76. The van der Waals surface area contributed by atoms with Gasteiger partial charge in [0.15, 0.2) is 6.10 Å². The summed E-state index contributed by atoms with van der Waals surface area (Å²) in [6, 6.07) is 15.3. The summed E-state index contributed by atoms with van der Waals surface area (Å²) < 4.78 is 5.09. The SMILES string of the molecule is COC(=O)c1c(N2C(=O)C3ON(c4ccccc4C)C(c4ccc(C)cc4)C3C2=O)sc2c1CCCC2. The van der Waals surface area contributed by atoms with Gasteiger partial charge in [0, 0.05) is 4.88 Å². The van der Waals surface area contributed by atoms with Crippen LogP contribution in [0.2, 0.25) is 0 Å². The first kappa shape index (κ1) is 23.9. The number of fused-ring (bicyclic) bond motifs is 2. The summed E-state index contributed by atoms with van der Waals surface area (Å²) in [7, 11) is 1.33. The van der Waals surface area contributed by atoms with Crippen LogP contribution in [0, 0.1) is 19.8 Å². The zero-order valence-corrected chi connectivity index (χ0v) is 21.8. The molecule has 3 atom stereocenters. The maximum atomic E-state index is 14.1. The summed E-state index contributed by atoms with van der Waals surface area (Å²) in [5, 5.41) is 2.10. The molecule has 1 aromatic heterocycles. The quantitative estimate of drug-likeness (QED) is 0.356. The third kappa shape index (κ3) is 3.69. The number of hydrogen-bond donors (Lipinski definition) is 0. The van der Waals surface area contributed by atoms with E-state index in [0.29, 0.717) is 10.6 Å². The van der Waals surface area contributed by atoms with Crippen molar-refractivity contribution in [3.63, 3.8) is 0 Å². The number of carbonyl (C=O) groups is 3. The van der Waals surface area contributed by atoms with Crippen LogP contribution < -0.4 is 9.96 Å². The Morgan fingerprint density at radius 2 is 1.73 bits per heavy atom. The van der Waals surface area contributed by atoms with E-state index in [2.05, 4.69) is 0 Å². The number of aryl methyl sites for hydroxylation is 3. The summed E-state index contributed by atoms with van der Waals surface area (Å²) in [6.45, 7) is 3.99. The normalized spacial score (nSPS) is 22.8. The molecule has 1 aliphatic carbocycles. The van der Waals surface area contributed by atoms with Crippen molar-refractivity contribution < 1.29 is 24.0 Å². The van der Waals surface area contributed by atoms with Crippen LogP contribution in [0.3, 0.4) is 0 Å². The Balaban J connectivity index is 1.46. The van der Waals surface area contributed by atoms with Gasteiger partial charge < -0.3 is 4.74 Å². The van der Waals surface area contributed by atoms with Gasteiger partial charge in [-0.05, 0) is 62.3 Å². The molecule has 2 aliphatic heterocycles. The molecule has 37 heavy (non-hydrogen) atoms. The van der Waals surface area contributed by atoms with Crippen LogP contribution in [-0.4, -0.2) is 31.0 Å². The van der Waals surface area contributed by atoms with Crippen molar-refractivity contribution in [2.75, 3.05) is 17.1 Å². The first-order chi connectivity index (χ1) is 17.9. The number of methoxy groups -OCH3 is 1. The third-order valence-electron chi connectivity index (χ3n) is 7.63. The number of rotatable bonds is 4. The molecular formula is C29H28N2O5S. The summed E-state index contributed by atoms with van der Waals surface area (Å²) >= 11 is 1.36. The Labute approximate surface area is 219 Å². The number of anilines is 2. The molecule has 0 bridgehead atoms. The van der Waals surface area contributed by atoms with Gasteiger partial charge in [0.25, 0.3) is 5.91 Å². The average molecular weight is 517 g/mol. The Bertz CT molecular complexity index is 1410. The molecule has 190 valence electrons. The minimum Gasteiger partial charge on any atom is -0.465 e. The van der Waals surface area contributed by atoms with E-state index < -0.39 is 29.9 Å². The Hall–Kier alpha value is -3.49. The minimum absolute atomic E-state index is 0.347. The van der Waals surface area contributed by atoms with E-state index in [4.69, 9.17) is 9.57 Å². The van der Waals surface area contributed by atoms with Crippen LogP contribution in [0.1, 0.15) is 56.4 Å². The number of para-hydroxylation sites is 1. The molecule has 0 radical (unpaired) electrons. The van der Waals surface area contributed by atoms with Crippen molar-refractivity contribution in [2.24, 2.45) is 5.92 Å². The van der Waals surface area contributed by atoms with E-state index in [0.717, 1.165) is 58.5 Å². The Morgan fingerprint density at radius 3 is 2.46 bits per heavy atom. The lowest BCUT2D eigenvalue weighted by atomic mass is 9.90. The third-order valence-corrected chi connectivity index (χ3v) is 8.91. The lowest BCUT2D eigenvalue weighted by Gasteiger charge is -2.29.